The molecule has 0 heterocycles. The number of nitrogens with one attached hydrogen (secondary N) is 1. The van der Waals surface area contributed by atoms with Gasteiger partial charge >= 0.3 is 0 Å². The summed E-state index contributed by atoms with van der Waals surface area (Å²) < 4.78 is 6.14. The van der Waals surface area contributed by atoms with Crippen molar-refractivity contribution in [2.75, 3.05) is 19.0 Å². The molecule has 0 spiro atoms. The van der Waals surface area contributed by atoms with Crippen LogP contribution in [0.1, 0.15) is 26.7 Å². The molecular weight excluding hydrogens is 282 g/mol. The van der Waals surface area contributed by atoms with Crippen LogP contribution in [0.25, 0.3) is 0 Å². The van der Waals surface area contributed by atoms with Gasteiger partial charge in [-0.2, -0.15) is 0 Å². The summed E-state index contributed by atoms with van der Waals surface area (Å²) in [5.74, 6) is 0.798. The zero-order chi connectivity index (χ0) is 12.9. The first-order valence-corrected chi connectivity index (χ1v) is 6.63. The van der Waals surface area contributed by atoms with E-state index in [2.05, 4.69) is 21.2 Å². The van der Waals surface area contributed by atoms with Crippen molar-refractivity contribution < 1.29 is 9.84 Å². The molecule has 0 bridgehead atoms. The van der Waals surface area contributed by atoms with Crippen molar-refractivity contribution in [1.82, 2.24) is 0 Å². The molecular formula is C13H20BrNO2. The second-order valence-electron chi connectivity index (χ2n) is 4.13. The minimum atomic E-state index is -0.650. The Bertz CT molecular complexity index is 364. The van der Waals surface area contributed by atoms with Crippen LogP contribution in [-0.2, 0) is 0 Å². The quantitative estimate of drug-likeness (QED) is 0.846. The molecule has 3 nitrogen and oxygen atoms in total. The molecule has 0 aliphatic rings. The molecule has 0 aliphatic heterocycles. The normalized spacial score (nSPS) is 11.4. The number of hydrogen-bond donors (Lipinski definition) is 2. The Labute approximate surface area is 111 Å². The maximum Gasteiger partial charge on any atom is 0.121 e. The van der Waals surface area contributed by atoms with Crippen LogP contribution in [0, 0.1) is 0 Å². The van der Waals surface area contributed by atoms with Crippen molar-refractivity contribution in [3.05, 3.63) is 22.7 Å². The number of benzene rings is 1. The van der Waals surface area contributed by atoms with Gasteiger partial charge in [0.05, 0.1) is 18.4 Å². The first kappa shape index (κ1) is 14.3. The Morgan fingerprint density at radius 3 is 2.53 bits per heavy atom. The zero-order valence-electron chi connectivity index (χ0n) is 10.6. The summed E-state index contributed by atoms with van der Waals surface area (Å²) in [5.41, 5.74) is 0.285. The molecule has 2 N–H and O–H groups in total. The Balaban J connectivity index is 2.74. The zero-order valence-corrected chi connectivity index (χ0v) is 12.2. The van der Waals surface area contributed by atoms with Gasteiger partial charge in [0.25, 0.3) is 0 Å². The van der Waals surface area contributed by atoms with Crippen molar-refractivity contribution in [1.29, 1.82) is 0 Å². The molecule has 1 aromatic rings. The van der Waals surface area contributed by atoms with Gasteiger partial charge in [0.2, 0.25) is 0 Å². The standard InChI is InChI=1S/C13H20BrNO2/c1-4-13(16,5-2)9-15-12-8-10(17-3)6-7-11(12)14/h6-8,15-16H,4-5,9H2,1-3H3. The molecule has 0 radical (unpaired) electrons. The highest BCUT2D eigenvalue weighted by atomic mass is 79.9. The Morgan fingerprint density at radius 1 is 1.35 bits per heavy atom. The minimum Gasteiger partial charge on any atom is -0.497 e. The topological polar surface area (TPSA) is 41.5 Å². The summed E-state index contributed by atoms with van der Waals surface area (Å²) in [7, 11) is 1.64. The fraction of sp³-hybridized carbons (Fsp3) is 0.538. The SMILES string of the molecule is CCC(O)(CC)CNc1cc(OC)ccc1Br. The van der Waals surface area contributed by atoms with Gasteiger partial charge in [-0.15, -0.1) is 0 Å². The second-order valence-corrected chi connectivity index (χ2v) is 4.99. The van der Waals surface area contributed by atoms with E-state index >= 15 is 0 Å². The van der Waals surface area contributed by atoms with Gasteiger partial charge in [0.15, 0.2) is 0 Å². The number of hydrogen-bond acceptors (Lipinski definition) is 3. The molecule has 4 heteroatoms. The van der Waals surface area contributed by atoms with Crippen molar-refractivity contribution in [3.63, 3.8) is 0 Å². The lowest BCUT2D eigenvalue weighted by Crippen LogP contribution is -2.35. The van der Waals surface area contributed by atoms with E-state index in [1.54, 1.807) is 7.11 Å². The van der Waals surface area contributed by atoms with Gasteiger partial charge in [0.1, 0.15) is 5.75 Å². The van der Waals surface area contributed by atoms with Crippen LogP contribution in [0.3, 0.4) is 0 Å². The van der Waals surface area contributed by atoms with E-state index < -0.39 is 5.60 Å². The van der Waals surface area contributed by atoms with Gasteiger partial charge in [-0.1, -0.05) is 13.8 Å². The average molecular weight is 302 g/mol. The van der Waals surface area contributed by atoms with Crippen LogP contribution in [0.5, 0.6) is 5.75 Å². The lowest BCUT2D eigenvalue weighted by atomic mass is 9.97. The van der Waals surface area contributed by atoms with Gasteiger partial charge in [-0.05, 0) is 40.9 Å². The molecule has 1 aromatic carbocycles. The molecule has 0 atom stereocenters. The third-order valence-electron chi connectivity index (χ3n) is 3.10. The molecule has 0 amide bonds. The maximum absolute atomic E-state index is 10.2. The Morgan fingerprint density at radius 2 is 2.00 bits per heavy atom. The van der Waals surface area contributed by atoms with E-state index in [0.29, 0.717) is 6.54 Å². The lowest BCUT2D eigenvalue weighted by molar-refractivity contribution is 0.0457. The minimum absolute atomic E-state index is 0.533. The molecule has 1 rings (SSSR count). The van der Waals surface area contributed by atoms with E-state index in [9.17, 15) is 5.11 Å². The number of aliphatic hydroxyl groups is 1. The van der Waals surface area contributed by atoms with Crippen molar-refractivity contribution in [3.8, 4) is 5.75 Å². The van der Waals surface area contributed by atoms with E-state index in [-0.39, 0.29) is 0 Å². The highest BCUT2D eigenvalue weighted by Crippen LogP contribution is 2.28. The summed E-state index contributed by atoms with van der Waals surface area (Å²) in [5, 5.41) is 13.5. The van der Waals surface area contributed by atoms with E-state index in [1.165, 1.54) is 0 Å². The monoisotopic (exact) mass is 301 g/mol. The summed E-state index contributed by atoms with van der Waals surface area (Å²) >= 11 is 3.47. The van der Waals surface area contributed by atoms with Crippen LogP contribution >= 0.6 is 15.9 Å². The van der Waals surface area contributed by atoms with Crippen molar-refractivity contribution >= 4 is 21.6 Å². The number of methoxy groups -OCH3 is 1. The van der Waals surface area contributed by atoms with Crippen molar-refractivity contribution in [2.45, 2.75) is 32.3 Å². The van der Waals surface area contributed by atoms with Crippen LogP contribution in [-0.4, -0.2) is 24.4 Å². The highest BCUT2D eigenvalue weighted by molar-refractivity contribution is 9.10. The number of halogens is 1. The summed E-state index contributed by atoms with van der Waals surface area (Å²) in [6.45, 7) is 4.52. The maximum atomic E-state index is 10.2. The summed E-state index contributed by atoms with van der Waals surface area (Å²) in [6, 6.07) is 5.73. The third-order valence-corrected chi connectivity index (χ3v) is 3.79. The molecule has 0 fully saturated rings. The lowest BCUT2D eigenvalue weighted by Gasteiger charge is -2.26. The van der Waals surface area contributed by atoms with Crippen LogP contribution in [0.2, 0.25) is 0 Å². The predicted octanol–water partition coefficient (Wildman–Crippen LogP) is 3.42. The number of ether oxygens (including phenoxy) is 1. The third kappa shape index (κ3) is 3.89. The van der Waals surface area contributed by atoms with E-state index in [1.807, 2.05) is 32.0 Å². The largest absolute Gasteiger partial charge is 0.497 e. The number of anilines is 1. The summed E-state index contributed by atoms with van der Waals surface area (Å²) in [4.78, 5) is 0. The fourth-order valence-electron chi connectivity index (χ4n) is 1.53. The van der Waals surface area contributed by atoms with Gasteiger partial charge in [-0.3, -0.25) is 0 Å². The summed E-state index contributed by atoms with van der Waals surface area (Å²) in [6.07, 6.45) is 1.47. The van der Waals surface area contributed by atoms with Crippen LogP contribution in [0.4, 0.5) is 5.69 Å². The molecule has 0 unspecified atom stereocenters. The van der Waals surface area contributed by atoms with Crippen molar-refractivity contribution in [2.24, 2.45) is 0 Å². The number of rotatable bonds is 6. The van der Waals surface area contributed by atoms with Gasteiger partial charge < -0.3 is 15.2 Å². The first-order chi connectivity index (χ1) is 8.04. The second kappa shape index (κ2) is 6.26. The first-order valence-electron chi connectivity index (χ1n) is 5.84. The molecule has 0 saturated carbocycles. The predicted molar refractivity (Wildman–Crippen MR) is 74.7 cm³/mol. The van der Waals surface area contributed by atoms with E-state index in [0.717, 1.165) is 28.8 Å². The molecule has 0 aromatic heterocycles. The van der Waals surface area contributed by atoms with Crippen LogP contribution < -0.4 is 10.1 Å². The molecule has 0 aliphatic carbocycles. The van der Waals surface area contributed by atoms with E-state index in [4.69, 9.17) is 4.74 Å². The smallest absolute Gasteiger partial charge is 0.121 e. The van der Waals surface area contributed by atoms with Crippen LogP contribution in [0.15, 0.2) is 22.7 Å². The molecule has 0 saturated heterocycles. The average Bonchev–Trinajstić information content (AvgIpc) is 2.37. The Kier molecular flexibility index (Phi) is 5.28. The fourth-order valence-corrected chi connectivity index (χ4v) is 1.91. The van der Waals surface area contributed by atoms with Gasteiger partial charge in [-0.25, -0.2) is 0 Å². The molecule has 17 heavy (non-hydrogen) atoms. The highest BCUT2D eigenvalue weighted by Gasteiger charge is 2.21. The van der Waals surface area contributed by atoms with Gasteiger partial charge in [0, 0.05) is 17.1 Å². The Hall–Kier alpha value is -0.740. The molecule has 96 valence electrons.